The normalized spacial score (nSPS) is 11.8. The largest absolute Gasteiger partial charge is 0.493 e. The topological polar surface area (TPSA) is 96.2 Å². The van der Waals surface area contributed by atoms with E-state index in [2.05, 4.69) is 37.5 Å². The predicted octanol–water partition coefficient (Wildman–Crippen LogP) is 3.49. The lowest BCUT2D eigenvalue weighted by Crippen LogP contribution is -2.15. The molecule has 0 aliphatic rings. The van der Waals surface area contributed by atoms with Crippen molar-refractivity contribution >= 4 is 16.7 Å². The van der Waals surface area contributed by atoms with Crippen molar-refractivity contribution in [1.29, 1.82) is 0 Å². The summed E-state index contributed by atoms with van der Waals surface area (Å²) in [5, 5.41) is 8.56. The minimum absolute atomic E-state index is 0.0115. The average Bonchev–Trinajstić information content (AvgIpc) is 3.34. The van der Waals surface area contributed by atoms with Gasteiger partial charge in [-0.2, -0.15) is 5.10 Å². The van der Waals surface area contributed by atoms with E-state index >= 15 is 0 Å². The molecule has 0 radical (unpaired) electrons. The van der Waals surface area contributed by atoms with Crippen molar-refractivity contribution in [2.45, 2.75) is 19.0 Å². The fourth-order valence-electron chi connectivity index (χ4n) is 3.56. The third kappa shape index (κ3) is 4.20. The number of nitrogens with one attached hydrogen (secondary N) is 1. The first-order valence-corrected chi connectivity index (χ1v) is 9.82. The summed E-state index contributed by atoms with van der Waals surface area (Å²) < 4.78 is 18.4. The third-order valence-electron chi connectivity index (χ3n) is 5.06. The fraction of sp³-hybridized carbons (Fsp3) is 0.273. The summed E-state index contributed by atoms with van der Waals surface area (Å²) in [6, 6.07) is 12.1. The first-order chi connectivity index (χ1) is 15.2. The van der Waals surface area contributed by atoms with Gasteiger partial charge < -0.3 is 19.5 Å². The van der Waals surface area contributed by atoms with E-state index < -0.39 is 0 Å². The van der Waals surface area contributed by atoms with E-state index in [0.717, 1.165) is 17.4 Å². The second kappa shape index (κ2) is 9.29. The van der Waals surface area contributed by atoms with E-state index in [0.29, 0.717) is 35.1 Å². The fourth-order valence-corrected chi connectivity index (χ4v) is 3.56. The van der Waals surface area contributed by atoms with Gasteiger partial charge in [0.1, 0.15) is 30.3 Å². The number of hydrogen-bond donors (Lipinski definition) is 1. The minimum atomic E-state index is -0.0115. The van der Waals surface area contributed by atoms with E-state index in [4.69, 9.17) is 14.2 Å². The Morgan fingerprint density at radius 1 is 0.968 bits per heavy atom. The van der Waals surface area contributed by atoms with Crippen LogP contribution in [0.1, 0.15) is 18.0 Å². The van der Waals surface area contributed by atoms with Gasteiger partial charge in [0.15, 0.2) is 11.5 Å². The van der Waals surface area contributed by atoms with Crippen LogP contribution in [0, 0.1) is 0 Å². The number of ether oxygens (including phenoxy) is 3. The highest BCUT2D eigenvalue weighted by molar-refractivity contribution is 5.96. The van der Waals surface area contributed by atoms with Gasteiger partial charge in [-0.05, 0) is 18.1 Å². The summed E-state index contributed by atoms with van der Waals surface area (Å²) >= 11 is 0. The van der Waals surface area contributed by atoms with Crippen LogP contribution in [0.3, 0.4) is 0 Å². The molecule has 0 saturated heterocycles. The number of aromatic nitrogens is 5. The highest BCUT2D eigenvalue weighted by Crippen LogP contribution is 2.44. The Hall–Kier alpha value is -3.88. The van der Waals surface area contributed by atoms with Crippen LogP contribution in [-0.4, -0.2) is 46.1 Å². The average molecular weight is 420 g/mol. The van der Waals surface area contributed by atoms with Crippen LogP contribution < -0.4 is 19.5 Å². The Morgan fingerprint density at radius 2 is 1.77 bits per heavy atom. The molecule has 0 bridgehead atoms. The van der Waals surface area contributed by atoms with Crippen molar-refractivity contribution in [3.8, 4) is 17.2 Å². The second-order valence-corrected chi connectivity index (χ2v) is 6.82. The highest BCUT2D eigenvalue weighted by Gasteiger charge is 2.21. The van der Waals surface area contributed by atoms with Crippen molar-refractivity contribution in [2.24, 2.45) is 0 Å². The van der Waals surface area contributed by atoms with E-state index in [1.165, 1.54) is 12.7 Å². The first kappa shape index (κ1) is 20.4. The minimum Gasteiger partial charge on any atom is -0.493 e. The Morgan fingerprint density at radius 3 is 2.45 bits per heavy atom. The SMILES string of the molecule is COc1cc2c(NC(CCn3cncn3)c3ccccc3)ncnc2c(OC)c1OC. The molecular weight excluding hydrogens is 396 g/mol. The van der Waals surface area contributed by atoms with Crippen molar-refractivity contribution < 1.29 is 14.2 Å². The molecule has 1 N–H and O–H groups in total. The van der Waals surface area contributed by atoms with Crippen LogP contribution in [0.2, 0.25) is 0 Å². The van der Waals surface area contributed by atoms with Gasteiger partial charge >= 0.3 is 0 Å². The maximum absolute atomic E-state index is 5.59. The summed E-state index contributed by atoms with van der Waals surface area (Å²) in [5.74, 6) is 2.22. The molecule has 9 nitrogen and oxygen atoms in total. The van der Waals surface area contributed by atoms with Crippen molar-refractivity contribution in [3.05, 3.63) is 60.9 Å². The molecular formula is C22H24N6O3. The molecule has 0 aliphatic heterocycles. The smallest absolute Gasteiger partial charge is 0.205 e. The molecule has 0 spiro atoms. The van der Waals surface area contributed by atoms with Crippen LogP contribution in [0.25, 0.3) is 10.9 Å². The molecule has 2 aromatic heterocycles. The molecule has 2 heterocycles. The van der Waals surface area contributed by atoms with Crippen molar-refractivity contribution in [1.82, 2.24) is 24.7 Å². The van der Waals surface area contributed by atoms with E-state index in [-0.39, 0.29) is 6.04 Å². The summed E-state index contributed by atoms with van der Waals surface area (Å²) in [6.07, 6.45) is 5.54. The maximum Gasteiger partial charge on any atom is 0.205 e. The lowest BCUT2D eigenvalue weighted by molar-refractivity contribution is 0.327. The molecule has 0 aliphatic carbocycles. The summed E-state index contributed by atoms with van der Waals surface area (Å²) in [5.41, 5.74) is 1.78. The Labute approximate surface area is 180 Å². The van der Waals surface area contributed by atoms with Crippen LogP contribution in [0.15, 0.2) is 55.4 Å². The van der Waals surface area contributed by atoms with Gasteiger partial charge in [0.25, 0.3) is 0 Å². The standard InChI is InChI=1S/C22H24N6O3/c1-29-18-11-16-19(21(31-3)20(18)30-2)24-13-25-22(16)27-17(15-7-5-4-6-8-15)9-10-28-14-23-12-26-28/h4-8,11-14,17H,9-10H2,1-3H3,(H,24,25,27). The quantitative estimate of drug-likeness (QED) is 0.440. The van der Waals surface area contributed by atoms with E-state index in [1.54, 1.807) is 27.7 Å². The summed E-state index contributed by atoms with van der Waals surface area (Å²) in [6.45, 7) is 0.704. The molecule has 0 fully saturated rings. The molecule has 4 rings (SSSR count). The van der Waals surface area contributed by atoms with Gasteiger partial charge in [-0.25, -0.2) is 15.0 Å². The molecule has 9 heteroatoms. The van der Waals surface area contributed by atoms with Crippen LogP contribution in [0.5, 0.6) is 17.2 Å². The number of aryl methyl sites for hydroxylation is 1. The summed E-state index contributed by atoms with van der Waals surface area (Å²) in [7, 11) is 4.74. The highest BCUT2D eigenvalue weighted by atomic mass is 16.5. The number of rotatable bonds is 9. The molecule has 4 aromatic rings. The Bertz CT molecular complexity index is 1140. The maximum atomic E-state index is 5.59. The van der Waals surface area contributed by atoms with E-state index in [1.807, 2.05) is 28.9 Å². The molecule has 1 atom stereocenters. The van der Waals surface area contributed by atoms with Gasteiger partial charge in [-0.3, -0.25) is 4.68 Å². The Kier molecular flexibility index (Phi) is 6.11. The van der Waals surface area contributed by atoms with Crippen LogP contribution >= 0.6 is 0 Å². The van der Waals surface area contributed by atoms with Gasteiger partial charge in [0, 0.05) is 6.54 Å². The van der Waals surface area contributed by atoms with Gasteiger partial charge in [0.2, 0.25) is 5.75 Å². The third-order valence-corrected chi connectivity index (χ3v) is 5.06. The van der Waals surface area contributed by atoms with Crippen LogP contribution in [-0.2, 0) is 6.54 Å². The monoisotopic (exact) mass is 420 g/mol. The summed E-state index contributed by atoms with van der Waals surface area (Å²) in [4.78, 5) is 13.0. The lowest BCUT2D eigenvalue weighted by atomic mass is 10.0. The number of nitrogens with zero attached hydrogens (tertiary/aromatic N) is 5. The van der Waals surface area contributed by atoms with Crippen LogP contribution in [0.4, 0.5) is 5.82 Å². The number of benzene rings is 2. The predicted molar refractivity (Wildman–Crippen MR) is 117 cm³/mol. The molecule has 31 heavy (non-hydrogen) atoms. The zero-order valence-electron chi connectivity index (χ0n) is 17.6. The number of anilines is 1. The number of methoxy groups -OCH3 is 3. The molecule has 160 valence electrons. The molecule has 2 aromatic carbocycles. The van der Waals surface area contributed by atoms with Gasteiger partial charge in [-0.15, -0.1) is 0 Å². The van der Waals surface area contributed by atoms with Gasteiger partial charge in [-0.1, -0.05) is 30.3 Å². The molecule has 0 saturated carbocycles. The second-order valence-electron chi connectivity index (χ2n) is 6.82. The lowest BCUT2D eigenvalue weighted by Gasteiger charge is -2.21. The molecule has 1 unspecified atom stereocenters. The number of hydrogen-bond acceptors (Lipinski definition) is 8. The first-order valence-electron chi connectivity index (χ1n) is 9.82. The van der Waals surface area contributed by atoms with Gasteiger partial charge in [0.05, 0.1) is 32.8 Å². The zero-order valence-corrected chi connectivity index (χ0v) is 17.6. The Balaban J connectivity index is 1.74. The van der Waals surface area contributed by atoms with Crippen molar-refractivity contribution in [2.75, 3.05) is 26.6 Å². The zero-order chi connectivity index (χ0) is 21.6. The van der Waals surface area contributed by atoms with E-state index in [9.17, 15) is 0 Å². The van der Waals surface area contributed by atoms with Crippen molar-refractivity contribution in [3.63, 3.8) is 0 Å². The number of fused-ring (bicyclic) bond motifs is 1. The molecule has 0 amide bonds.